The molecule has 1 atom stereocenters. The highest BCUT2D eigenvalue weighted by atomic mass is 16.5. The third-order valence-electron chi connectivity index (χ3n) is 5.60. The number of aromatic nitrogens is 1. The van der Waals surface area contributed by atoms with Crippen LogP contribution in [0.4, 0.5) is 5.69 Å². The van der Waals surface area contributed by atoms with Gasteiger partial charge in [0.05, 0.1) is 12.3 Å². The molecule has 2 heterocycles. The van der Waals surface area contributed by atoms with Crippen molar-refractivity contribution in [3.63, 3.8) is 0 Å². The van der Waals surface area contributed by atoms with Crippen LogP contribution in [0, 0.1) is 0 Å². The van der Waals surface area contributed by atoms with E-state index in [0.717, 1.165) is 37.1 Å². The average molecular weight is 381 g/mol. The Balaban J connectivity index is 1.64. The van der Waals surface area contributed by atoms with Gasteiger partial charge >= 0.3 is 0 Å². The Labute approximate surface area is 165 Å². The molecule has 0 saturated heterocycles. The summed E-state index contributed by atoms with van der Waals surface area (Å²) in [7, 11) is 0. The predicted molar refractivity (Wildman–Crippen MR) is 107 cm³/mol. The van der Waals surface area contributed by atoms with Crippen LogP contribution in [0.1, 0.15) is 50.8 Å². The number of amides is 2. The summed E-state index contributed by atoms with van der Waals surface area (Å²) >= 11 is 0. The first-order valence-corrected chi connectivity index (χ1v) is 10.2. The molecule has 2 aromatic rings. The van der Waals surface area contributed by atoms with Crippen molar-refractivity contribution in [3.8, 4) is 5.75 Å². The van der Waals surface area contributed by atoms with Crippen LogP contribution in [0.15, 0.2) is 42.6 Å². The first kappa shape index (κ1) is 18.6. The molecule has 0 bridgehead atoms. The number of anilines is 1. The first-order valence-electron chi connectivity index (χ1n) is 10.2. The molecule has 1 aromatic heterocycles. The van der Waals surface area contributed by atoms with E-state index >= 15 is 0 Å². The lowest BCUT2D eigenvalue weighted by atomic mass is 9.95. The van der Waals surface area contributed by atoms with E-state index in [1.807, 2.05) is 54.1 Å². The zero-order chi connectivity index (χ0) is 19.5. The number of hydrogen-bond donors (Lipinski definition) is 1. The second-order valence-corrected chi connectivity index (χ2v) is 7.50. The number of rotatable bonds is 5. The lowest BCUT2D eigenvalue weighted by Gasteiger charge is -2.37. The smallest absolute Gasteiger partial charge is 0.249 e. The molecule has 0 spiro atoms. The van der Waals surface area contributed by atoms with Crippen molar-refractivity contribution >= 4 is 17.5 Å². The summed E-state index contributed by atoms with van der Waals surface area (Å²) in [5.74, 6) is 0.563. The summed E-state index contributed by atoms with van der Waals surface area (Å²) in [5, 5.41) is 3.20. The Kier molecular flexibility index (Phi) is 5.37. The van der Waals surface area contributed by atoms with Crippen LogP contribution >= 0.6 is 0 Å². The fourth-order valence-corrected chi connectivity index (χ4v) is 4.26. The number of benzene rings is 1. The zero-order valence-corrected chi connectivity index (χ0v) is 16.3. The average Bonchev–Trinajstić information content (AvgIpc) is 3.16. The third-order valence-corrected chi connectivity index (χ3v) is 5.60. The maximum Gasteiger partial charge on any atom is 0.249 e. The van der Waals surface area contributed by atoms with Crippen LogP contribution < -0.4 is 15.0 Å². The second kappa shape index (κ2) is 8.09. The summed E-state index contributed by atoms with van der Waals surface area (Å²) in [5.41, 5.74) is 1.56. The van der Waals surface area contributed by atoms with Crippen molar-refractivity contribution in [1.82, 2.24) is 9.88 Å². The molecule has 1 saturated carbocycles. The van der Waals surface area contributed by atoms with Crippen LogP contribution in [-0.4, -0.2) is 29.0 Å². The molecular weight excluding hydrogens is 354 g/mol. The van der Waals surface area contributed by atoms with E-state index in [4.69, 9.17) is 4.74 Å². The molecule has 0 radical (unpaired) electrons. The third kappa shape index (κ3) is 3.63. The van der Waals surface area contributed by atoms with Gasteiger partial charge in [0.15, 0.2) is 6.04 Å². The maximum atomic E-state index is 13.3. The standard InChI is InChI=1S/C22H27N3O3/c1-2-28-18-12-10-17(11-13-18)25-20(26)15-24-14-6-9-19(24)21(25)22(27)23-16-7-4-3-5-8-16/h6,9-14,16,21H,2-5,7-8,15H2,1H3,(H,23,27). The van der Waals surface area contributed by atoms with Crippen LogP contribution in [0.25, 0.3) is 0 Å². The van der Waals surface area contributed by atoms with Crippen LogP contribution in [0.2, 0.25) is 0 Å². The van der Waals surface area contributed by atoms with E-state index in [1.54, 1.807) is 4.90 Å². The van der Waals surface area contributed by atoms with Gasteiger partial charge < -0.3 is 14.6 Å². The highest BCUT2D eigenvalue weighted by Gasteiger charge is 2.39. The van der Waals surface area contributed by atoms with E-state index in [-0.39, 0.29) is 24.4 Å². The largest absolute Gasteiger partial charge is 0.494 e. The van der Waals surface area contributed by atoms with Crippen LogP contribution in [-0.2, 0) is 16.1 Å². The minimum atomic E-state index is -0.656. The number of fused-ring (bicyclic) bond motifs is 1. The number of hydrogen-bond acceptors (Lipinski definition) is 3. The lowest BCUT2D eigenvalue weighted by molar-refractivity contribution is -0.128. The molecular formula is C22H27N3O3. The number of ether oxygens (including phenoxy) is 1. The van der Waals surface area contributed by atoms with Crippen molar-refractivity contribution in [2.45, 2.75) is 57.7 Å². The summed E-state index contributed by atoms with van der Waals surface area (Å²) in [6.45, 7) is 2.76. The van der Waals surface area contributed by atoms with E-state index in [9.17, 15) is 9.59 Å². The lowest BCUT2D eigenvalue weighted by Crippen LogP contribution is -2.51. The second-order valence-electron chi connectivity index (χ2n) is 7.50. The molecule has 6 nitrogen and oxygen atoms in total. The Morgan fingerprint density at radius 3 is 2.61 bits per heavy atom. The molecule has 2 aliphatic rings. The van der Waals surface area contributed by atoms with E-state index in [2.05, 4.69) is 5.32 Å². The Hall–Kier alpha value is -2.76. The fraction of sp³-hybridized carbons (Fsp3) is 0.455. The van der Waals surface area contributed by atoms with Gasteiger partial charge in [-0.05, 0) is 56.2 Å². The van der Waals surface area contributed by atoms with E-state index in [0.29, 0.717) is 12.3 Å². The minimum Gasteiger partial charge on any atom is -0.494 e. The monoisotopic (exact) mass is 381 g/mol. The molecule has 28 heavy (non-hydrogen) atoms. The molecule has 4 rings (SSSR count). The van der Waals surface area contributed by atoms with Gasteiger partial charge in [-0.2, -0.15) is 0 Å². The van der Waals surface area contributed by atoms with E-state index in [1.165, 1.54) is 6.42 Å². The highest BCUT2D eigenvalue weighted by molar-refractivity contribution is 6.02. The quantitative estimate of drug-likeness (QED) is 0.863. The molecule has 148 valence electrons. The summed E-state index contributed by atoms with van der Waals surface area (Å²) < 4.78 is 7.38. The Bertz CT molecular complexity index is 837. The molecule has 1 unspecified atom stereocenters. The maximum absolute atomic E-state index is 13.3. The molecule has 1 fully saturated rings. The van der Waals surface area contributed by atoms with Crippen LogP contribution in [0.3, 0.4) is 0 Å². The first-order chi connectivity index (χ1) is 13.7. The Morgan fingerprint density at radius 2 is 1.89 bits per heavy atom. The van der Waals surface area contributed by atoms with E-state index < -0.39 is 6.04 Å². The van der Waals surface area contributed by atoms with Gasteiger partial charge in [-0.25, -0.2) is 0 Å². The molecule has 6 heteroatoms. The van der Waals surface area contributed by atoms with Crippen molar-refractivity contribution in [2.75, 3.05) is 11.5 Å². The fourth-order valence-electron chi connectivity index (χ4n) is 4.26. The highest BCUT2D eigenvalue weighted by Crippen LogP contribution is 2.33. The van der Waals surface area contributed by atoms with Gasteiger partial charge in [-0.1, -0.05) is 19.3 Å². The van der Waals surface area contributed by atoms with Gasteiger partial charge in [0.2, 0.25) is 11.8 Å². The topological polar surface area (TPSA) is 63.6 Å². The van der Waals surface area contributed by atoms with Gasteiger partial charge in [0.1, 0.15) is 12.3 Å². The van der Waals surface area contributed by atoms with Crippen molar-refractivity contribution in [2.24, 2.45) is 0 Å². The normalized spacial score (nSPS) is 20.0. The Morgan fingerprint density at radius 1 is 1.14 bits per heavy atom. The SMILES string of the molecule is CCOc1ccc(N2C(=O)Cn3cccc3C2C(=O)NC2CCCCC2)cc1. The van der Waals surface area contributed by atoms with Gasteiger partial charge in [0, 0.05) is 17.9 Å². The molecule has 1 N–H and O–H groups in total. The predicted octanol–water partition coefficient (Wildman–Crippen LogP) is 3.42. The number of carbonyl (C=O) groups excluding carboxylic acids is 2. The number of carbonyl (C=O) groups is 2. The van der Waals surface area contributed by atoms with Crippen LogP contribution in [0.5, 0.6) is 5.75 Å². The molecule has 1 aliphatic heterocycles. The van der Waals surface area contributed by atoms with Gasteiger partial charge in [-0.15, -0.1) is 0 Å². The zero-order valence-electron chi connectivity index (χ0n) is 16.3. The minimum absolute atomic E-state index is 0.0864. The van der Waals surface area contributed by atoms with Crippen molar-refractivity contribution < 1.29 is 14.3 Å². The molecule has 1 aromatic carbocycles. The number of nitrogens with zero attached hydrogens (tertiary/aromatic N) is 2. The van der Waals surface area contributed by atoms with Crippen molar-refractivity contribution in [3.05, 3.63) is 48.3 Å². The van der Waals surface area contributed by atoms with Gasteiger partial charge in [-0.3, -0.25) is 14.5 Å². The summed E-state index contributed by atoms with van der Waals surface area (Å²) in [4.78, 5) is 27.9. The molecule has 1 aliphatic carbocycles. The molecule has 2 amide bonds. The summed E-state index contributed by atoms with van der Waals surface area (Å²) in [6, 6.07) is 10.8. The van der Waals surface area contributed by atoms with Gasteiger partial charge in [0.25, 0.3) is 0 Å². The summed E-state index contributed by atoms with van der Waals surface area (Å²) in [6.07, 6.45) is 7.41. The van der Waals surface area contributed by atoms with Crippen molar-refractivity contribution in [1.29, 1.82) is 0 Å². The number of nitrogens with one attached hydrogen (secondary N) is 1.